The van der Waals surface area contributed by atoms with Crippen LogP contribution in [0, 0.1) is 0 Å². The summed E-state index contributed by atoms with van der Waals surface area (Å²) in [5.41, 5.74) is 0.110. The highest BCUT2D eigenvalue weighted by Gasteiger charge is 2.23. The fourth-order valence-corrected chi connectivity index (χ4v) is 4.44. The van der Waals surface area contributed by atoms with Crippen molar-refractivity contribution < 1.29 is 14.3 Å². The van der Waals surface area contributed by atoms with Crippen molar-refractivity contribution >= 4 is 74.3 Å². The van der Waals surface area contributed by atoms with Gasteiger partial charge in [-0.1, -0.05) is 29.3 Å². The van der Waals surface area contributed by atoms with Gasteiger partial charge in [-0.25, -0.2) is 9.78 Å². The Morgan fingerprint density at radius 1 is 1.09 bits per heavy atom. The molecular formula is C21H18AlCl2N5O4. The molecule has 33 heavy (non-hydrogen) atoms. The number of rotatable bonds is 3. The van der Waals surface area contributed by atoms with Crippen LogP contribution in [-0.2, 0) is 4.74 Å². The molecule has 12 heteroatoms. The summed E-state index contributed by atoms with van der Waals surface area (Å²) in [6.45, 7) is 2.16. The minimum atomic E-state index is -0.629. The van der Waals surface area contributed by atoms with Crippen LogP contribution in [0.4, 0.5) is 16.3 Å². The van der Waals surface area contributed by atoms with Crippen molar-refractivity contribution in [2.24, 2.45) is 0 Å². The number of amides is 2. The Labute approximate surface area is 207 Å². The quantitative estimate of drug-likeness (QED) is 0.554. The van der Waals surface area contributed by atoms with Crippen LogP contribution in [0.15, 0.2) is 41.3 Å². The predicted octanol–water partition coefficient (Wildman–Crippen LogP) is 2.78. The lowest BCUT2D eigenvalue weighted by molar-refractivity contribution is 0.102. The fourth-order valence-electron chi connectivity index (χ4n) is 3.60. The Morgan fingerprint density at radius 2 is 1.76 bits per heavy atom. The fraction of sp³-hybridized carbons (Fsp3) is 0.238. The first-order valence-corrected chi connectivity index (χ1v) is 11.2. The number of hydrogen-bond donors (Lipinski definition) is 1. The number of fused-ring (bicyclic) bond motifs is 1. The van der Waals surface area contributed by atoms with Crippen LogP contribution in [0.25, 0.3) is 11.0 Å². The summed E-state index contributed by atoms with van der Waals surface area (Å²) in [5.74, 6) is 0.0405. The lowest BCUT2D eigenvalue weighted by atomic mass is 10.1. The van der Waals surface area contributed by atoms with Crippen LogP contribution in [-0.4, -0.2) is 75.2 Å². The highest BCUT2D eigenvalue weighted by molar-refractivity contribution is 6.40. The van der Waals surface area contributed by atoms with E-state index in [9.17, 15) is 14.4 Å². The van der Waals surface area contributed by atoms with Crippen molar-refractivity contribution in [1.29, 1.82) is 0 Å². The summed E-state index contributed by atoms with van der Waals surface area (Å²) in [7, 11) is 1.36. The maximum absolute atomic E-state index is 13.1. The normalized spacial score (nSPS) is 13.8. The minimum absolute atomic E-state index is 0.0743. The van der Waals surface area contributed by atoms with Gasteiger partial charge in [0.25, 0.3) is 5.91 Å². The summed E-state index contributed by atoms with van der Waals surface area (Å²) >= 11 is 14.7. The van der Waals surface area contributed by atoms with Gasteiger partial charge in [0.05, 0.1) is 28.2 Å². The molecule has 3 heterocycles. The number of methoxy groups -OCH3 is 1. The molecule has 2 aromatic heterocycles. The third kappa shape index (κ3) is 4.66. The van der Waals surface area contributed by atoms with Crippen molar-refractivity contribution in [2.45, 2.75) is 0 Å². The van der Waals surface area contributed by atoms with E-state index in [2.05, 4.69) is 26.8 Å². The van der Waals surface area contributed by atoms with Crippen LogP contribution in [0.2, 0.25) is 10.0 Å². The van der Waals surface area contributed by atoms with Crippen molar-refractivity contribution in [1.82, 2.24) is 13.4 Å². The molecule has 3 aromatic rings. The molecule has 1 aromatic carbocycles. The van der Waals surface area contributed by atoms with Crippen molar-refractivity contribution in [2.75, 3.05) is 43.5 Å². The number of piperazine rings is 1. The third-order valence-corrected chi connectivity index (χ3v) is 6.37. The van der Waals surface area contributed by atoms with Crippen LogP contribution in [0.1, 0.15) is 10.4 Å². The lowest BCUT2D eigenvalue weighted by Crippen LogP contribution is -2.49. The van der Waals surface area contributed by atoms with Crippen molar-refractivity contribution in [3.63, 3.8) is 0 Å². The largest absolute Gasteiger partial charge is 0.453 e. The first kappa shape index (κ1) is 23.4. The Hall–Kier alpha value is -2.77. The molecule has 0 unspecified atom stereocenters. The molecule has 9 nitrogen and oxygen atoms in total. The number of halogens is 2. The van der Waals surface area contributed by atoms with Gasteiger partial charge in [0.2, 0.25) is 5.43 Å². The van der Waals surface area contributed by atoms with E-state index >= 15 is 0 Å². The molecule has 0 spiro atoms. The Balaban J connectivity index is 1.61. The van der Waals surface area contributed by atoms with Gasteiger partial charge < -0.3 is 23.4 Å². The minimum Gasteiger partial charge on any atom is -0.453 e. The SMILES string of the molecule is COC(=O)N1CCN(c2ccc3c(=O)c(C(=O)Nc4c(Cl)cccc4Cl)c[n]([Al])c3n2)CC1. The lowest BCUT2D eigenvalue weighted by Gasteiger charge is -2.34. The second-order valence-corrected chi connectivity index (χ2v) is 8.69. The monoisotopic (exact) mass is 501 g/mol. The maximum atomic E-state index is 13.1. The molecule has 0 aliphatic carbocycles. The van der Waals surface area contributed by atoms with E-state index in [1.165, 1.54) is 13.3 Å². The molecule has 1 aliphatic heterocycles. The summed E-state index contributed by atoms with van der Waals surface area (Å²) < 4.78 is 6.31. The van der Waals surface area contributed by atoms with Gasteiger partial charge in [0.15, 0.2) is 0 Å². The number of para-hydroxylation sites is 1. The molecule has 1 fully saturated rings. The summed E-state index contributed by atoms with van der Waals surface area (Å²) in [6.07, 6.45) is 1.05. The number of ether oxygens (including phenoxy) is 1. The van der Waals surface area contributed by atoms with E-state index in [0.29, 0.717) is 43.0 Å². The number of benzene rings is 1. The van der Waals surface area contributed by atoms with Gasteiger partial charge in [-0.3, -0.25) is 9.59 Å². The van der Waals surface area contributed by atoms with Gasteiger partial charge >= 0.3 is 22.6 Å². The second-order valence-electron chi connectivity index (χ2n) is 7.31. The Bertz CT molecular complexity index is 1290. The highest BCUT2D eigenvalue weighted by atomic mass is 35.5. The number of carbonyl (C=O) groups excluding carboxylic acids is 2. The van der Waals surface area contributed by atoms with Gasteiger partial charge in [-0.2, -0.15) is 0 Å². The molecule has 1 saturated heterocycles. The molecule has 2 radical (unpaired) electrons. The van der Waals surface area contributed by atoms with E-state index in [1.54, 1.807) is 38.8 Å². The summed E-state index contributed by atoms with van der Waals surface area (Å²) in [4.78, 5) is 45.9. The molecule has 0 bridgehead atoms. The Morgan fingerprint density at radius 3 is 2.39 bits per heavy atom. The topological polar surface area (TPSA) is 96.8 Å². The number of nitrogens with zero attached hydrogens (tertiary/aromatic N) is 4. The van der Waals surface area contributed by atoms with E-state index in [4.69, 9.17) is 27.9 Å². The second kappa shape index (κ2) is 9.61. The van der Waals surface area contributed by atoms with Gasteiger partial charge in [-0.15, -0.1) is 0 Å². The highest BCUT2D eigenvalue weighted by Crippen LogP contribution is 2.30. The number of aromatic nitrogens is 2. The summed E-state index contributed by atoms with van der Waals surface area (Å²) in [6, 6.07) is 8.22. The zero-order valence-corrected chi connectivity index (χ0v) is 20.2. The van der Waals surface area contributed by atoms with Crippen molar-refractivity contribution in [3.8, 4) is 0 Å². The number of carbonyl (C=O) groups is 2. The average Bonchev–Trinajstić information content (AvgIpc) is 2.83. The summed E-state index contributed by atoms with van der Waals surface area (Å²) in [5, 5.41) is 3.43. The smallest absolute Gasteiger partial charge is 0.409 e. The third-order valence-electron chi connectivity index (χ3n) is 5.34. The van der Waals surface area contributed by atoms with Crippen LogP contribution < -0.4 is 15.6 Å². The van der Waals surface area contributed by atoms with E-state index in [1.807, 2.05) is 4.90 Å². The number of anilines is 2. The van der Waals surface area contributed by atoms with Crippen LogP contribution >= 0.6 is 23.2 Å². The van der Waals surface area contributed by atoms with Crippen LogP contribution in [0.5, 0.6) is 0 Å². The molecule has 1 N–H and O–H groups in total. The number of hydrogen-bond acceptors (Lipinski definition) is 6. The standard InChI is InChI=1S/C21H19Cl2N5O4.Al/c1-32-21(31)28-9-7-27(8-10-28)16-6-5-12-18(29)13(11-24-19(12)25-16)20(30)26-17-14(22)3-2-4-15(17)23;/h2-6,11H,7-10H2,1H3,(H2,24,25,26,29,30);/q;+1/p-1. The van der Waals surface area contributed by atoms with Gasteiger partial charge in [0, 0.05) is 26.2 Å². The molecule has 4 rings (SSSR count). The Kier molecular flexibility index (Phi) is 6.81. The van der Waals surface area contributed by atoms with E-state index < -0.39 is 11.3 Å². The number of nitrogens with one attached hydrogen (secondary N) is 1. The zero-order chi connectivity index (χ0) is 23.7. The van der Waals surface area contributed by atoms with Gasteiger partial charge in [0.1, 0.15) is 17.0 Å². The molecule has 168 valence electrons. The van der Waals surface area contributed by atoms with Crippen LogP contribution in [0.3, 0.4) is 0 Å². The molecule has 2 amide bonds. The maximum Gasteiger partial charge on any atom is 0.409 e. The molecular weight excluding hydrogens is 484 g/mol. The van der Waals surface area contributed by atoms with E-state index in [-0.39, 0.29) is 27.4 Å². The molecule has 0 atom stereocenters. The average molecular weight is 502 g/mol. The first-order valence-electron chi connectivity index (χ1n) is 9.95. The first-order chi connectivity index (χ1) is 15.8. The van der Waals surface area contributed by atoms with Gasteiger partial charge in [-0.05, 0) is 30.5 Å². The number of pyridine rings is 2. The predicted molar refractivity (Wildman–Crippen MR) is 128 cm³/mol. The van der Waals surface area contributed by atoms with Crippen molar-refractivity contribution in [3.05, 3.63) is 62.4 Å². The molecule has 1 aliphatic rings. The van der Waals surface area contributed by atoms with E-state index in [0.717, 1.165) is 0 Å². The molecule has 0 saturated carbocycles. The zero-order valence-electron chi connectivity index (χ0n) is 17.5.